The summed E-state index contributed by atoms with van der Waals surface area (Å²) >= 11 is 0. The number of alkyl halides is 3. The Bertz CT molecular complexity index is 68.2. The van der Waals surface area contributed by atoms with Crippen molar-refractivity contribution in [2.24, 2.45) is 11.7 Å². The number of hydrogen-bond donors (Lipinski definition) is 1. The van der Waals surface area contributed by atoms with Crippen molar-refractivity contribution in [3.63, 3.8) is 0 Å². The monoisotopic (exact) mass is 127 g/mol. The largest absolute Gasteiger partial charge is 0.392 e. The summed E-state index contributed by atoms with van der Waals surface area (Å²) in [5.41, 5.74) is 4.74. The Morgan fingerprint density at radius 2 is 1.88 bits per heavy atom. The van der Waals surface area contributed by atoms with E-state index < -0.39 is 12.1 Å². The van der Waals surface area contributed by atoms with Crippen molar-refractivity contribution < 1.29 is 13.2 Å². The maximum Gasteiger partial charge on any atom is 0.392 e. The highest BCUT2D eigenvalue weighted by molar-refractivity contribution is 4.60. The molecule has 0 unspecified atom stereocenters. The molecule has 1 atom stereocenters. The van der Waals surface area contributed by atoms with E-state index in [-0.39, 0.29) is 6.54 Å². The second-order valence-corrected chi connectivity index (χ2v) is 1.68. The first kappa shape index (κ1) is 7.75. The highest BCUT2D eigenvalue weighted by atomic mass is 19.4. The summed E-state index contributed by atoms with van der Waals surface area (Å²) < 4.78 is 34.1. The van der Waals surface area contributed by atoms with E-state index >= 15 is 0 Å². The fourth-order valence-electron chi connectivity index (χ4n) is 0.134. The van der Waals surface area contributed by atoms with Gasteiger partial charge in [-0.25, -0.2) is 0 Å². The quantitative estimate of drug-likeness (QED) is 0.561. The molecule has 0 aliphatic heterocycles. The van der Waals surface area contributed by atoms with Crippen molar-refractivity contribution in [2.75, 3.05) is 6.54 Å². The van der Waals surface area contributed by atoms with Gasteiger partial charge in [0.15, 0.2) is 0 Å². The summed E-state index contributed by atoms with van der Waals surface area (Å²) in [7, 11) is 0. The SMILES string of the molecule is C[C@@H](CN)C(F)(F)F. The lowest BCUT2D eigenvalue weighted by atomic mass is 10.2. The van der Waals surface area contributed by atoms with Gasteiger partial charge in [-0.1, -0.05) is 6.92 Å². The molecule has 0 amide bonds. The van der Waals surface area contributed by atoms with E-state index in [1.165, 1.54) is 0 Å². The summed E-state index contributed by atoms with van der Waals surface area (Å²) in [4.78, 5) is 0. The lowest BCUT2D eigenvalue weighted by Gasteiger charge is -2.11. The van der Waals surface area contributed by atoms with Crippen LogP contribution in [0.25, 0.3) is 0 Å². The zero-order chi connectivity index (χ0) is 6.78. The highest BCUT2D eigenvalue weighted by Gasteiger charge is 2.34. The molecule has 2 N–H and O–H groups in total. The van der Waals surface area contributed by atoms with Crippen molar-refractivity contribution in [1.29, 1.82) is 0 Å². The van der Waals surface area contributed by atoms with Gasteiger partial charge in [0.05, 0.1) is 5.92 Å². The molecule has 8 heavy (non-hydrogen) atoms. The molecular formula is C4H8F3N. The minimum Gasteiger partial charge on any atom is -0.330 e. The van der Waals surface area contributed by atoms with E-state index in [0.29, 0.717) is 0 Å². The van der Waals surface area contributed by atoms with E-state index in [2.05, 4.69) is 0 Å². The van der Waals surface area contributed by atoms with E-state index in [0.717, 1.165) is 6.92 Å². The van der Waals surface area contributed by atoms with Gasteiger partial charge in [0.1, 0.15) is 0 Å². The van der Waals surface area contributed by atoms with Gasteiger partial charge in [-0.3, -0.25) is 0 Å². The topological polar surface area (TPSA) is 26.0 Å². The van der Waals surface area contributed by atoms with Crippen LogP contribution in [0.1, 0.15) is 6.92 Å². The molecule has 4 heteroatoms. The van der Waals surface area contributed by atoms with Crippen LogP contribution in [0, 0.1) is 5.92 Å². The Balaban J connectivity index is 3.62. The Morgan fingerprint density at radius 3 is 1.88 bits per heavy atom. The van der Waals surface area contributed by atoms with Crippen LogP contribution in [0.15, 0.2) is 0 Å². The van der Waals surface area contributed by atoms with Gasteiger partial charge in [0.2, 0.25) is 0 Å². The van der Waals surface area contributed by atoms with Crippen LogP contribution in [0.5, 0.6) is 0 Å². The van der Waals surface area contributed by atoms with Gasteiger partial charge in [0.25, 0.3) is 0 Å². The van der Waals surface area contributed by atoms with Gasteiger partial charge in [0, 0.05) is 6.54 Å². The second kappa shape index (κ2) is 2.35. The first-order valence-corrected chi connectivity index (χ1v) is 2.25. The lowest BCUT2D eigenvalue weighted by molar-refractivity contribution is -0.166. The average Bonchev–Trinajstić information content (AvgIpc) is 1.62. The lowest BCUT2D eigenvalue weighted by Crippen LogP contribution is -2.27. The Labute approximate surface area is 45.7 Å². The van der Waals surface area contributed by atoms with Crippen molar-refractivity contribution in [3.8, 4) is 0 Å². The van der Waals surface area contributed by atoms with Crippen molar-refractivity contribution in [2.45, 2.75) is 13.1 Å². The summed E-state index contributed by atoms with van der Waals surface area (Å²) in [5, 5.41) is 0. The Hall–Kier alpha value is -0.250. The van der Waals surface area contributed by atoms with Gasteiger partial charge in [-0.2, -0.15) is 13.2 Å². The first-order chi connectivity index (χ1) is 3.48. The molecule has 0 aliphatic carbocycles. The molecule has 50 valence electrons. The average molecular weight is 127 g/mol. The molecule has 0 spiro atoms. The van der Waals surface area contributed by atoms with E-state index in [1.54, 1.807) is 0 Å². The third kappa shape index (κ3) is 2.16. The highest BCUT2D eigenvalue weighted by Crippen LogP contribution is 2.23. The maximum atomic E-state index is 11.4. The third-order valence-corrected chi connectivity index (χ3v) is 0.912. The number of rotatable bonds is 1. The normalized spacial score (nSPS) is 16.1. The molecule has 0 fully saturated rings. The summed E-state index contributed by atoms with van der Waals surface area (Å²) in [6.07, 6.45) is -4.12. The van der Waals surface area contributed by atoms with Crippen molar-refractivity contribution >= 4 is 0 Å². The summed E-state index contributed by atoms with van der Waals surface area (Å²) in [6, 6.07) is 0. The molecule has 0 aliphatic rings. The van der Waals surface area contributed by atoms with E-state index in [1.807, 2.05) is 0 Å². The van der Waals surface area contributed by atoms with Crippen molar-refractivity contribution in [1.82, 2.24) is 0 Å². The molecule has 0 bridgehead atoms. The second-order valence-electron chi connectivity index (χ2n) is 1.68. The molecular weight excluding hydrogens is 119 g/mol. The Morgan fingerprint density at radius 1 is 1.50 bits per heavy atom. The van der Waals surface area contributed by atoms with Gasteiger partial charge < -0.3 is 5.73 Å². The molecule has 0 aromatic rings. The molecule has 1 nitrogen and oxygen atoms in total. The number of nitrogens with two attached hydrogens (primary N) is 1. The van der Waals surface area contributed by atoms with Crippen LogP contribution in [0.3, 0.4) is 0 Å². The zero-order valence-electron chi connectivity index (χ0n) is 4.50. The standard InChI is InChI=1S/C4H8F3N/c1-3(2-8)4(5,6)7/h3H,2,8H2,1H3/t3-/m0/s1. The van der Waals surface area contributed by atoms with E-state index in [4.69, 9.17) is 5.73 Å². The zero-order valence-corrected chi connectivity index (χ0v) is 4.50. The Kier molecular flexibility index (Phi) is 2.27. The van der Waals surface area contributed by atoms with E-state index in [9.17, 15) is 13.2 Å². The molecule has 0 saturated heterocycles. The predicted octanol–water partition coefficient (Wildman–Crippen LogP) is 1.14. The first-order valence-electron chi connectivity index (χ1n) is 2.25. The number of hydrogen-bond acceptors (Lipinski definition) is 1. The van der Waals surface area contributed by atoms with Crippen LogP contribution in [0.2, 0.25) is 0 Å². The smallest absolute Gasteiger partial charge is 0.330 e. The molecule has 0 saturated carbocycles. The molecule has 0 aromatic heterocycles. The minimum atomic E-state index is -4.12. The van der Waals surface area contributed by atoms with Crippen LogP contribution in [0.4, 0.5) is 13.2 Å². The minimum absolute atomic E-state index is 0.330. The fraction of sp³-hybridized carbons (Fsp3) is 1.00. The van der Waals surface area contributed by atoms with Gasteiger partial charge >= 0.3 is 6.18 Å². The van der Waals surface area contributed by atoms with Crippen molar-refractivity contribution in [3.05, 3.63) is 0 Å². The summed E-state index contributed by atoms with van der Waals surface area (Å²) in [6.45, 7) is 0.726. The predicted molar refractivity (Wildman–Crippen MR) is 24.3 cm³/mol. The molecule has 0 rings (SSSR count). The van der Waals surface area contributed by atoms with Crippen LogP contribution in [-0.2, 0) is 0 Å². The molecule has 0 aromatic carbocycles. The fourth-order valence-corrected chi connectivity index (χ4v) is 0.134. The molecule has 0 heterocycles. The third-order valence-electron chi connectivity index (χ3n) is 0.912. The maximum absolute atomic E-state index is 11.4. The molecule has 0 radical (unpaired) electrons. The van der Waals surface area contributed by atoms with Gasteiger partial charge in [-0.15, -0.1) is 0 Å². The summed E-state index contributed by atoms with van der Waals surface area (Å²) in [5.74, 6) is -1.37. The van der Waals surface area contributed by atoms with Gasteiger partial charge in [-0.05, 0) is 0 Å². The van der Waals surface area contributed by atoms with Crippen LogP contribution < -0.4 is 5.73 Å². The van der Waals surface area contributed by atoms with Crippen LogP contribution >= 0.6 is 0 Å². The van der Waals surface area contributed by atoms with Crippen LogP contribution in [-0.4, -0.2) is 12.7 Å². The number of halogens is 3.